The summed E-state index contributed by atoms with van der Waals surface area (Å²) in [5, 5.41) is 11.1. The molecule has 0 aliphatic heterocycles. The van der Waals surface area contributed by atoms with Gasteiger partial charge in [0.25, 0.3) is 10.0 Å². The first kappa shape index (κ1) is 12.9. The Hall–Kier alpha value is -1.52. The van der Waals surface area contributed by atoms with Gasteiger partial charge in [0.2, 0.25) is 9.47 Å². The zero-order valence-electron chi connectivity index (χ0n) is 9.57. The fourth-order valence-corrected chi connectivity index (χ4v) is 3.12. The molecule has 2 heterocycles. The summed E-state index contributed by atoms with van der Waals surface area (Å²) >= 11 is 0.828. The van der Waals surface area contributed by atoms with Crippen LogP contribution in [0, 0.1) is 6.92 Å². The van der Waals surface area contributed by atoms with Crippen molar-refractivity contribution in [3.8, 4) is 0 Å². The summed E-state index contributed by atoms with van der Waals surface area (Å²) < 4.78 is 27.4. The molecule has 2 aromatic rings. The van der Waals surface area contributed by atoms with E-state index in [1.807, 2.05) is 13.1 Å². The van der Waals surface area contributed by atoms with Crippen LogP contribution in [0.2, 0.25) is 0 Å². The van der Waals surface area contributed by atoms with Crippen LogP contribution in [0.4, 0.5) is 5.13 Å². The molecule has 0 bridgehead atoms. The lowest BCUT2D eigenvalue weighted by atomic mass is 10.4. The van der Waals surface area contributed by atoms with Crippen LogP contribution in [0.5, 0.6) is 0 Å². The van der Waals surface area contributed by atoms with Crippen molar-refractivity contribution < 1.29 is 8.42 Å². The summed E-state index contributed by atoms with van der Waals surface area (Å²) in [6.07, 6.45) is 3.54. The third kappa shape index (κ3) is 3.03. The standard InChI is InChI=1S/C8H12N6O2S2/c1-6-4-10-14(5-6)3-2-11-18(15,16)8-13-12-7(9)17-8/h4-5,11H,2-3H2,1H3,(H2,9,12). The lowest BCUT2D eigenvalue weighted by Crippen LogP contribution is -2.27. The highest BCUT2D eigenvalue weighted by atomic mass is 32.2. The minimum Gasteiger partial charge on any atom is -0.374 e. The summed E-state index contributed by atoms with van der Waals surface area (Å²) in [5.41, 5.74) is 6.36. The minimum absolute atomic E-state index is 0.123. The zero-order valence-corrected chi connectivity index (χ0v) is 11.2. The third-order valence-electron chi connectivity index (χ3n) is 2.05. The van der Waals surface area contributed by atoms with Crippen LogP contribution >= 0.6 is 11.3 Å². The van der Waals surface area contributed by atoms with E-state index in [9.17, 15) is 8.42 Å². The molecule has 3 N–H and O–H groups in total. The molecule has 2 aromatic heterocycles. The van der Waals surface area contributed by atoms with Crippen molar-refractivity contribution >= 4 is 26.5 Å². The lowest BCUT2D eigenvalue weighted by Gasteiger charge is -2.03. The zero-order chi connectivity index (χ0) is 13.2. The second kappa shape index (κ2) is 5.00. The number of anilines is 1. The van der Waals surface area contributed by atoms with Crippen molar-refractivity contribution in [3.05, 3.63) is 18.0 Å². The van der Waals surface area contributed by atoms with Gasteiger partial charge >= 0.3 is 0 Å². The quantitative estimate of drug-likeness (QED) is 0.773. The Labute approximate surface area is 108 Å². The molecule has 0 atom stereocenters. The van der Waals surface area contributed by atoms with Crippen molar-refractivity contribution in [1.82, 2.24) is 24.7 Å². The maximum atomic E-state index is 11.8. The number of nitrogens with zero attached hydrogens (tertiary/aromatic N) is 4. The molecular formula is C8H12N6O2S2. The van der Waals surface area contributed by atoms with Crippen LogP contribution in [0.3, 0.4) is 0 Å². The molecule has 10 heteroatoms. The Kier molecular flexibility index (Phi) is 3.59. The van der Waals surface area contributed by atoms with Gasteiger partial charge in [0, 0.05) is 12.7 Å². The van der Waals surface area contributed by atoms with Crippen LogP contribution in [-0.4, -0.2) is 34.9 Å². The molecule has 18 heavy (non-hydrogen) atoms. The van der Waals surface area contributed by atoms with E-state index in [-0.39, 0.29) is 16.0 Å². The van der Waals surface area contributed by atoms with E-state index in [4.69, 9.17) is 5.73 Å². The molecule has 0 saturated heterocycles. The van der Waals surface area contributed by atoms with Crippen LogP contribution in [-0.2, 0) is 16.6 Å². The summed E-state index contributed by atoms with van der Waals surface area (Å²) in [4.78, 5) is 0. The van der Waals surface area contributed by atoms with Gasteiger partial charge in [-0.25, -0.2) is 13.1 Å². The van der Waals surface area contributed by atoms with Gasteiger partial charge < -0.3 is 5.73 Å². The number of rotatable bonds is 5. The summed E-state index contributed by atoms with van der Waals surface area (Å²) in [6, 6.07) is 0. The molecule has 0 saturated carbocycles. The molecule has 0 amide bonds. The predicted molar refractivity (Wildman–Crippen MR) is 66.5 cm³/mol. The molecule has 0 radical (unpaired) electrons. The monoisotopic (exact) mass is 288 g/mol. The number of hydrogen-bond donors (Lipinski definition) is 2. The van der Waals surface area contributed by atoms with Crippen LogP contribution < -0.4 is 10.5 Å². The second-order valence-electron chi connectivity index (χ2n) is 3.58. The van der Waals surface area contributed by atoms with Crippen LogP contribution in [0.15, 0.2) is 16.7 Å². The van der Waals surface area contributed by atoms with Gasteiger partial charge in [-0.3, -0.25) is 4.68 Å². The molecule has 0 aliphatic rings. The Morgan fingerprint density at radius 3 is 2.83 bits per heavy atom. The molecule has 0 aromatic carbocycles. The molecule has 0 spiro atoms. The number of sulfonamides is 1. The van der Waals surface area contributed by atoms with Gasteiger partial charge in [-0.1, -0.05) is 11.3 Å². The first-order valence-electron chi connectivity index (χ1n) is 5.05. The molecule has 8 nitrogen and oxygen atoms in total. The molecule has 0 unspecified atom stereocenters. The van der Waals surface area contributed by atoms with E-state index in [1.165, 1.54) is 0 Å². The first-order valence-corrected chi connectivity index (χ1v) is 7.35. The van der Waals surface area contributed by atoms with E-state index in [2.05, 4.69) is 20.0 Å². The highest BCUT2D eigenvalue weighted by Crippen LogP contribution is 2.16. The predicted octanol–water partition coefficient (Wildman–Crippen LogP) is -0.396. The highest BCUT2D eigenvalue weighted by Gasteiger charge is 2.18. The SMILES string of the molecule is Cc1cnn(CCNS(=O)(=O)c2nnc(N)s2)c1. The number of nitrogen functional groups attached to an aromatic ring is 1. The van der Waals surface area contributed by atoms with E-state index in [0.717, 1.165) is 16.9 Å². The van der Waals surface area contributed by atoms with E-state index in [1.54, 1.807) is 10.9 Å². The van der Waals surface area contributed by atoms with Crippen molar-refractivity contribution in [3.63, 3.8) is 0 Å². The van der Waals surface area contributed by atoms with Gasteiger partial charge in [0.15, 0.2) is 0 Å². The molecule has 98 valence electrons. The maximum absolute atomic E-state index is 11.8. The van der Waals surface area contributed by atoms with Gasteiger partial charge in [-0.2, -0.15) is 5.10 Å². The molecular weight excluding hydrogens is 276 g/mol. The molecule has 0 fully saturated rings. The highest BCUT2D eigenvalue weighted by molar-refractivity contribution is 7.91. The largest absolute Gasteiger partial charge is 0.374 e. The normalized spacial score (nSPS) is 11.8. The number of nitrogens with two attached hydrogens (primary N) is 1. The Morgan fingerprint density at radius 2 is 2.28 bits per heavy atom. The number of aryl methyl sites for hydroxylation is 1. The summed E-state index contributed by atoms with van der Waals surface area (Å²) in [7, 11) is -3.63. The van der Waals surface area contributed by atoms with Gasteiger partial charge in [-0.05, 0) is 12.5 Å². The van der Waals surface area contributed by atoms with Crippen LogP contribution in [0.1, 0.15) is 5.56 Å². The average molecular weight is 288 g/mol. The number of nitrogens with one attached hydrogen (secondary N) is 1. The van der Waals surface area contributed by atoms with E-state index in [0.29, 0.717) is 6.54 Å². The number of aromatic nitrogens is 4. The molecule has 0 aliphatic carbocycles. The van der Waals surface area contributed by atoms with Crippen LogP contribution in [0.25, 0.3) is 0 Å². The maximum Gasteiger partial charge on any atom is 0.269 e. The van der Waals surface area contributed by atoms with Gasteiger partial charge in [0.05, 0.1) is 12.7 Å². The number of hydrogen-bond acceptors (Lipinski definition) is 7. The Morgan fingerprint density at radius 1 is 1.50 bits per heavy atom. The van der Waals surface area contributed by atoms with Crippen molar-refractivity contribution in [2.75, 3.05) is 12.3 Å². The van der Waals surface area contributed by atoms with Crippen molar-refractivity contribution in [1.29, 1.82) is 0 Å². The van der Waals surface area contributed by atoms with Crippen molar-refractivity contribution in [2.24, 2.45) is 0 Å². The Balaban J connectivity index is 1.93. The molecule has 2 rings (SSSR count). The Bertz CT molecular complexity index is 632. The van der Waals surface area contributed by atoms with E-state index >= 15 is 0 Å². The first-order chi connectivity index (χ1) is 8.47. The van der Waals surface area contributed by atoms with Crippen molar-refractivity contribution in [2.45, 2.75) is 17.8 Å². The third-order valence-corrected chi connectivity index (χ3v) is 4.63. The summed E-state index contributed by atoms with van der Waals surface area (Å²) in [6.45, 7) is 2.59. The topological polar surface area (TPSA) is 116 Å². The smallest absolute Gasteiger partial charge is 0.269 e. The summed E-state index contributed by atoms with van der Waals surface area (Å²) in [5.74, 6) is 0. The van der Waals surface area contributed by atoms with Gasteiger partial charge in [0.1, 0.15) is 0 Å². The fourth-order valence-electron chi connectivity index (χ4n) is 1.27. The minimum atomic E-state index is -3.63. The van der Waals surface area contributed by atoms with E-state index < -0.39 is 10.0 Å². The fraction of sp³-hybridized carbons (Fsp3) is 0.375. The van der Waals surface area contributed by atoms with Gasteiger partial charge in [-0.15, -0.1) is 10.2 Å². The second-order valence-corrected chi connectivity index (χ2v) is 6.53. The lowest BCUT2D eigenvalue weighted by molar-refractivity contribution is 0.559. The average Bonchev–Trinajstić information content (AvgIpc) is 2.88.